The molecule has 16 rings (SSSR count). The summed E-state index contributed by atoms with van der Waals surface area (Å²) in [6.07, 6.45) is 0. The van der Waals surface area contributed by atoms with Gasteiger partial charge in [-0.2, -0.15) is 23.2 Å². The van der Waals surface area contributed by atoms with Crippen molar-refractivity contribution in [2.75, 3.05) is 0 Å². The van der Waals surface area contributed by atoms with E-state index in [0.29, 0.717) is 0 Å². The van der Waals surface area contributed by atoms with Crippen LogP contribution in [0.15, 0.2) is 220 Å². The number of fused-ring (bicyclic) bond motifs is 17. The molecule has 7 heteroatoms. The summed E-state index contributed by atoms with van der Waals surface area (Å²) in [4.78, 5) is 2.58. The number of benzene rings is 10. The maximum Gasteiger partial charge on any atom is 0.318 e. The Balaban J connectivity index is 0.979. The van der Waals surface area contributed by atoms with E-state index in [-0.39, 0.29) is 5.27 Å². The van der Waals surface area contributed by atoms with E-state index in [4.69, 9.17) is 4.42 Å². The second kappa shape index (κ2) is 13.4. The average Bonchev–Trinajstić information content (AvgIpc) is 4.12. The Kier molecular flexibility index (Phi) is 7.27. The van der Waals surface area contributed by atoms with Gasteiger partial charge in [0.15, 0.2) is 0 Å². The van der Waals surface area contributed by atoms with Crippen molar-refractivity contribution in [1.82, 2.24) is 13.7 Å². The topological polar surface area (TPSA) is 27.9 Å². The van der Waals surface area contributed by atoms with Crippen LogP contribution < -0.4 is 5.46 Å². The average molecular weight is 888 g/mol. The normalized spacial score (nSPS) is 13.2. The molecule has 0 saturated heterocycles. The van der Waals surface area contributed by atoms with Gasteiger partial charge in [-0.25, -0.2) is 0 Å². The zero-order valence-corrected chi connectivity index (χ0v) is 37.4. The first-order valence-corrected chi connectivity index (χ1v) is 24.6. The molecule has 6 heterocycles. The van der Waals surface area contributed by atoms with Crippen LogP contribution in [0.2, 0.25) is 0 Å². The fraction of sp³-hybridized carbons (Fsp3) is 0. The van der Waals surface area contributed by atoms with Crippen LogP contribution >= 0.6 is 23.2 Å². The Morgan fingerprint density at radius 3 is 1.27 bits per heavy atom. The monoisotopic (exact) mass is 887 g/mol. The Labute approximate surface area is 392 Å². The van der Waals surface area contributed by atoms with Gasteiger partial charge in [-0.3, -0.25) is 0 Å². The molecule has 0 unspecified atom stereocenters. The summed E-state index contributed by atoms with van der Waals surface area (Å²) in [6.45, 7) is 0. The van der Waals surface area contributed by atoms with Gasteiger partial charge in [-0.05, 0) is 113 Å². The van der Waals surface area contributed by atoms with Crippen molar-refractivity contribution in [3.05, 3.63) is 206 Å². The third-order valence-electron chi connectivity index (χ3n) is 14.5. The van der Waals surface area contributed by atoms with Gasteiger partial charge in [-0.15, -0.1) is 0 Å². The molecule has 2 aliphatic rings. The van der Waals surface area contributed by atoms with Crippen LogP contribution in [0, 0.1) is 0 Å². The molecular formula is C60H34BN3OS2. The summed E-state index contributed by atoms with van der Waals surface area (Å²) in [5.41, 5.74) is 19.1. The van der Waals surface area contributed by atoms with Gasteiger partial charge in [0, 0.05) is 64.6 Å². The first-order chi connectivity index (χ1) is 33.2. The van der Waals surface area contributed by atoms with Gasteiger partial charge in [0.2, 0.25) is 0 Å². The molecule has 0 atom stereocenters. The first-order valence-electron chi connectivity index (χ1n) is 22.8. The summed E-state index contributed by atoms with van der Waals surface area (Å²) < 4.78 is 14.0. The standard InChI is InChI=1S/C60H34BN3OS2/c1-7-19-49-38(13-1)39-14-2-8-20-50(39)62(49)35-25-27-43-47-31-37(64-53-23-11-5-17-42(53)45-29-30-55-58(60(45)64)46-18-6-12-24-54(46)65-55)32-48-44-28-26-36(34-57(44)67-61(59(47)48)66-56(43)33-35)63-51-21-9-3-15-40(51)41-16-4-10-22-52(41)63/h1-34H. The quantitative estimate of drug-likeness (QED) is 0.165. The van der Waals surface area contributed by atoms with Crippen LogP contribution in [-0.4, -0.2) is 19.0 Å². The van der Waals surface area contributed by atoms with Gasteiger partial charge < -0.3 is 18.1 Å². The lowest BCUT2D eigenvalue weighted by atomic mass is 9.77. The molecule has 2 aliphatic heterocycles. The zero-order chi connectivity index (χ0) is 43.5. The number of para-hydroxylation sites is 6. The van der Waals surface area contributed by atoms with Crippen molar-refractivity contribution in [1.29, 1.82) is 0 Å². The number of rotatable bonds is 3. The number of furan rings is 1. The molecule has 0 aliphatic carbocycles. The molecule has 0 N–H and O–H groups in total. The van der Waals surface area contributed by atoms with Gasteiger partial charge in [-0.1, -0.05) is 121 Å². The van der Waals surface area contributed by atoms with Crippen LogP contribution in [0.25, 0.3) is 127 Å². The van der Waals surface area contributed by atoms with Crippen LogP contribution in [0.4, 0.5) is 0 Å². The molecule has 10 aromatic carbocycles. The summed E-state index contributed by atoms with van der Waals surface area (Å²) in [5.74, 6) is 0. The summed E-state index contributed by atoms with van der Waals surface area (Å²) in [5, 5.41) is 9.95. The van der Waals surface area contributed by atoms with Crippen LogP contribution in [0.3, 0.4) is 0 Å². The lowest BCUT2D eigenvalue weighted by molar-refractivity contribution is 0.669. The molecule has 4 nitrogen and oxygen atoms in total. The van der Waals surface area contributed by atoms with Gasteiger partial charge >= 0.3 is 5.27 Å². The molecule has 0 fully saturated rings. The predicted molar refractivity (Wildman–Crippen MR) is 285 cm³/mol. The van der Waals surface area contributed by atoms with E-state index in [1.807, 2.05) is 23.2 Å². The minimum Gasteiger partial charge on any atom is -0.456 e. The van der Waals surface area contributed by atoms with E-state index in [0.717, 1.165) is 27.6 Å². The molecule has 0 spiro atoms. The highest BCUT2D eigenvalue weighted by molar-refractivity contribution is 8.56. The Hall–Kier alpha value is -7.84. The number of nitrogens with zero attached hydrogens (tertiary/aromatic N) is 3. The van der Waals surface area contributed by atoms with Gasteiger partial charge in [0.25, 0.3) is 0 Å². The van der Waals surface area contributed by atoms with Crippen molar-refractivity contribution in [3.8, 4) is 39.3 Å². The number of hydrogen-bond donors (Lipinski definition) is 0. The van der Waals surface area contributed by atoms with Crippen molar-refractivity contribution >= 4 is 121 Å². The van der Waals surface area contributed by atoms with Gasteiger partial charge in [0.05, 0.1) is 38.5 Å². The van der Waals surface area contributed by atoms with E-state index in [1.54, 1.807) is 0 Å². The Morgan fingerprint density at radius 2 is 0.761 bits per heavy atom. The van der Waals surface area contributed by atoms with Crippen molar-refractivity contribution in [2.45, 2.75) is 9.79 Å². The highest BCUT2D eigenvalue weighted by Crippen LogP contribution is 2.52. The smallest absolute Gasteiger partial charge is 0.318 e. The molecule has 4 aromatic heterocycles. The van der Waals surface area contributed by atoms with E-state index in [9.17, 15) is 0 Å². The largest absolute Gasteiger partial charge is 0.456 e. The second-order valence-electron chi connectivity index (χ2n) is 17.9. The lowest BCUT2D eigenvalue weighted by Crippen LogP contribution is -2.34. The SMILES string of the molecule is c1ccc2c(c1)oc1ccc3c4ccccc4n(-c4cc5c6c(c4)-c4ccc(-n7c8ccccc8c8ccccc87)cc4SB6Sc4cc(-n6c7ccccc7c7ccccc76)ccc4-5)c3c12. The van der Waals surface area contributed by atoms with E-state index in [2.05, 4.69) is 220 Å². The van der Waals surface area contributed by atoms with E-state index in [1.165, 1.54) is 114 Å². The highest BCUT2D eigenvalue weighted by Gasteiger charge is 2.38. The lowest BCUT2D eigenvalue weighted by Gasteiger charge is -2.33. The molecule has 14 aromatic rings. The predicted octanol–water partition coefficient (Wildman–Crippen LogP) is 16.1. The molecular weight excluding hydrogens is 854 g/mol. The summed E-state index contributed by atoms with van der Waals surface area (Å²) in [6, 6.07) is 76.3. The fourth-order valence-electron chi connectivity index (χ4n) is 11.7. The molecule has 0 radical (unpaired) electrons. The van der Waals surface area contributed by atoms with Crippen molar-refractivity contribution in [3.63, 3.8) is 0 Å². The number of aromatic nitrogens is 3. The Morgan fingerprint density at radius 1 is 0.328 bits per heavy atom. The summed E-state index contributed by atoms with van der Waals surface area (Å²) in [7, 11) is 0. The highest BCUT2D eigenvalue weighted by atomic mass is 32.2. The third kappa shape index (κ3) is 4.92. The van der Waals surface area contributed by atoms with E-state index < -0.39 is 0 Å². The van der Waals surface area contributed by atoms with Crippen molar-refractivity contribution in [2.24, 2.45) is 0 Å². The van der Waals surface area contributed by atoms with Crippen molar-refractivity contribution < 1.29 is 4.42 Å². The molecule has 0 amide bonds. The third-order valence-corrected chi connectivity index (χ3v) is 17.1. The minimum atomic E-state index is 0.142. The molecule has 0 bridgehead atoms. The first kappa shape index (κ1) is 36.4. The molecule has 0 saturated carbocycles. The maximum atomic E-state index is 6.57. The van der Waals surface area contributed by atoms with Crippen LogP contribution in [0.1, 0.15) is 0 Å². The van der Waals surface area contributed by atoms with Crippen LogP contribution in [-0.2, 0) is 0 Å². The maximum absolute atomic E-state index is 6.57. The fourth-order valence-corrected chi connectivity index (χ4v) is 14.7. The molecule has 67 heavy (non-hydrogen) atoms. The second-order valence-corrected chi connectivity index (χ2v) is 20.5. The van der Waals surface area contributed by atoms with E-state index >= 15 is 0 Å². The minimum absolute atomic E-state index is 0.142. The van der Waals surface area contributed by atoms with Gasteiger partial charge in [0.1, 0.15) is 11.2 Å². The van der Waals surface area contributed by atoms with Crippen LogP contribution in [0.5, 0.6) is 0 Å². The zero-order valence-electron chi connectivity index (χ0n) is 35.8. The summed E-state index contributed by atoms with van der Waals surface area (Å²) >= 11 is 3.99. The Bertz CT molecular complexity index is 4200. The molecule has 310 valence electrons. The number of hydrogen-bond acceptors (Lipinski definition) is 3.